The lowest BCUT2D eigenvalue weighted by atomic mass is 9.73. The summed E-state index contributed by atoms with van der Waals surface area (Å²) in [5.74, 6) is 0.0923. The van der Waals surface area contributed by atoms with Crippen LogP contribution in [0.2, 0.25) is 0 Å². The minimum absolute atomic E-state index is 0.0923. The first kappa shape index (κ1) is 18.6. The highest BCUT2D eigenvalue weighted by atomic mass is 16.2. The third-order valence-corrected chi connectivity index (χ3v) is 6.40. The van der Waals surface area contributed by atoms with Crippen LogP contribution < -0.4 is 5.32 Å². The molecule has 1 N–H and O–H groups in total. The fourth-order valence-corrected chi connectivity index (χ4v) is 5.10. The fraction of sp³-hybridized carbons (Fsp3) is 0.179. The molecule has 2 nitrogen and oxygen atoms in total. The Morgan fingerprint density at radius 3 is 2.07 bits per heavy atom. The topological polar surface area (TPSA) is 29.1 Å². The molecule has 4 aromatic rings. The standard InChI is InChI=1S/C28H25NO/c1-2-18-28(25-16-7-5-14-23(25)24-15-6-8-17-26(24)28)27(30)29-19-21-12-9-11-20-10-3-4-13-22(20)21/h3-17H,2,18-19H2,1H3,(H,29,30). The van der Waals surface area contributed by atoms with Crippen LogP contribution in [0.15, 0.2) is 91.0 Å². The number of hydrogen-bond donors (Lipinski definition) is 1. The monoisotopic (exact) mass is 391 g/mol. The van der Waals surface area contributed by atoms with Gasteiger partial charge in [0.25, 0.3) is 0 Å². The number of benzene rings is 4. The maximum Gasteiger partial charge on any atom is 0.235 e. The molecule has 0 atom stereocenters. The number of amides is 1. The van der Waals surface area contributed by atoms with Crippen LogP contribution in [0.3, 0.4) is 0 Å². The molecular formula is C28H25NO. The molecule has 0 saturated carbocycles. The Bertz CT molecular complexity index is 1190. The highest BCUT2D eigenvalue weighted by Crippen LogP contribution is 2.51. The summed E-state index contributed by atoms with van der Waals surface area (Å²) < 4.78 is 0. The van der Waals surface area contributed by atoms with Crippen LogP contribution in [-0.4, -0.2) is 5.91 Å². The number of carbonyl (C=O) groups is 1. The van der Waals surface area contributed by atoms with Gasteiger partial charge in [0.05, 0.1) is 0 Å². The van der Waals surface area contributed by atoms with Crippen molar-refractivity contribution in [1.82, 2.24) is 5.32 Å². The summed E-state index contributed by atoms with van der Waals surface area (Å²) >= 11 is 0. The van der Waals surface area contributed by atoms with Crippen molar-refractivity contribution in [3.05, 3.63) is 108 Å². The van der Waals surface area contributed by atoms with Gasteiger partial charge in [-0.15, -0.1) is 0 Å². The summed E-state index contributed by atoms with van der Waals surface area (Å²) in [6.45, 7) is 2.68. The number of nitrogens with one attached hydrogen (secondary N) is 1. The van der Waals surface area contributed by atoms with E-state index < -0.39 is 5.41 Å². The van der Waals surface area contributed by atoms with Crippen LogP contribution in [0, 0.1) is 0 Å². The van der Waals surface area contributed by atoms with Crippen molar-refractivity contribution in [3.63, 3.8) is 0 Å². The van der Waals surface area contributed by atoms with E-state index in [0.29, 0.717) is 6.54 Å². The molecule has 5 rings (SSSR count). The fourth-order valence-electron chi connectivity index (χ4n) is 5.10. The Morgan fingerprint density at radius 1 is 0.767 bits per heavy atom. The molecule has 2 heteroatoms. The lowest BCUT2D eigenvalue weighted by Crippen LogP contribution is -2.43. The van der Waals surface area contributed by atoms with Gasteiger partial charge in [0.15, 0.2) is 0 Å². The van der Waals surface area contributed by atoms with E-state index in [-0.39, 0.29) is 5.91 Å². The van der Waals surface area contributed by atoms with Crippen LogP contribution in [0.5, 0.6) is 0 Å². The van der Waals surface area contributed by atoms with Gasteiger partial charge in [-0.05, 0) is 45.0 Å². The molecule has 1 aliphatic carbocycles. The molecule has 0 radical (unpaired) electrons. The SMILES string of the molecule is CCCC1(C(=O)NCc2cccc3ccccc23)c2ccccc2-c2ccccc21. The van der Waals surface area contributed by atoms with Gasteiger partial charge < -0.3 is 5.32 Å². The molecule has 30 heavy (non-hydrogen) atoms. The average Bonchev–Trinajstić information content (AvgIpc) is 3.09. The van der Waals surface area contributed by atoms with Crippen LogP contribution in [0.1, 0.15) is 36.5 Å². The largest absolute Gasteiger partial charge is 0.351 e. The van der Waals surface area contributed by atoms with Crippen molar-refractivity contribution < 1.29 is 4.79 Å². The zero-order chi connectivity index (χ0) is 20.6. The van der Waals surface area contributed by atoms with Crippen LogP contribution >= 0.6 is 0 Å². The highest BCUT2D eigenvalue weighted by molar-refractivity contribution is 6.00. The molecule has 0 aromatic heterocycles. The molecule has 0 bridgehead atoms. The molecule has 0 heterocycles. The van der Waals surface area contributed by atoms with E-state index in [1.807, 2.05) is 18.2 Å². The third kappa shape index (κ3) is 2.75. The summed E-state index contributed by atoms with van der Waals surface area (Å²) in [7, 11) is 0. The van der Waals surface area contributed by atoms with Gasteiger partial charge in [-0.2, -0.15) is 0 Å². The van der Waals surface area contributed by atoms with E-state index in [1.54, 1.807) is 0 Å². The first-order valence-electron chi connectivity index (χ1n) is 10.7. The first-order valence-corrected chi connectivity index (χ1v) is 10.7. The van der Waals surface area contributed by atoms with Gasteiger partial charge in [0.2, 0.25) is 5.91 Å². The summed E-state index contributed by atoms with van der Waals surface area (Å²) in [6.07, 6.45) is 1.73. The van der Waals surface area contributed by atoms with Crippen molar-refractivity contribution in [1.29, 1.82) is 0 Å². The average molecular weight is 392 g/mol. The number of fused-ring (bicyclic) bond motifs is 4. The summed E-state index contributed by atoms with van der Waals surface area (Å²) in [6, 6.07) is 31.4. The van der Waals surface area contributed by atoms with E-state index in [4.69, 9.17) is 0 Å². The van der Waals surface area contributed by atoms with Crippen molar-refractivity contribution in [2.24, 2.45) is 0 Å². The molecule has 1 amide bonds. The maximum atomic E-state index is 13.9. The summed E-state index contributed by atoms with van der Waals surface area (Å²) in [5.41, 5.74) is 5.13. The second-order valence-corrected chi connectivity index (χ2v) is 8.07. The third-order valence-electron chi connectivity index (χ3n) is 6.40. The van der Waals surface area contributed by atoms with Gasteiger partial charge >= 0.3 is 0 Å². The van der Waals surface area contributed by atoms with E-state index in [0.717, 1.165) is 29.5 Å². The number of rotatable bonds is 5. The zero-order valence-electron chi connectivity index (χ0n) is 17.2. The molecule has 0 spiro atoms. The Kier molecular flexibility index (Phi) is 4.63. The van der Waals surface area contributed by atoms with Crippen molar-refractivity contribution in [2.45, 2.75) is 31.7 Å². The molecule has 0 unspecified atom stereocenters. The van der Waals surface area contributed by atoms with Gasteiger partial charge in [0, 0.05) is 6.54 Å². The molecule has 1 aliphatic rings. The molecular weight excluding hydrogens is 366 g/mol. The smallest absolute Gasteiger partial charge is 0.235 e. The molecule has 0 aliphatic heterocycles. The maximum absolute atomic E-state index is 13.9. The quantitative estimate of drug-likeness (QED) is 0.430. The van der Waals surface area contributed by atoms with Gasteiger partial charge in [-0.3, -0.25) is 4.79 Å². The van der Waals surface area contributed by atoms with Crippen molar-refractivity contribution in [3.8, 4) is 11.1 Å². The van der Waals surface area contributed by atoms with E-state index in [9.17, 15) is 4.79 Å². The normalized spacial score (nSPS) is 13.6. The first-order chi connectivity index (χ1) is 14.8. The van der Waals surface area contributed by atoms with Crippen LogP contribution in [0.25, 0.3) is 21.9 Å². The Balaban J connectivity index is 1.56. The van der Waals surface area contributed by atoms with Crippen molar-refractivity contribution >= 4 is 16.7 Å². The summed E-state index contributed by atoms with van der Waals surface area (Å²) in [5, 5.41) is 5.69. The zero-order valence-corrected chi connectivity index (χ0v) is 17.2. The van der Waals surface area contributed by atoms with E-state index in [1.165, 1.54) is 21.9 Å². The Hall–Kier alpha value is -3.39. The van der Waals surface area contributed by atoms with Crippen molar-refractivity contribution in [2.75, 3.05) is 0 Å². The lowest BCUT2D eigenvalue weighted by molar-refractivity contribution is -0.125. The summed E-state index contributed by atoms with van der Waals surface area (Å²) in [4.78, 5) is 13.9. The van der Waals surface area contributed by atoms with Gasteiger partial charge in [0.1, 0.15) is 5.41 Å². The molecule has 4 aromatic carbocycles. The van der Waals surface area contributed by atoms with Crippen LogP contribution in [0.4, 0.5) is 0 Å². The predicted molar refractivity (Wildman–Crippen MR) is 123 cm³/mol. The molecule has 0 fully saturated rings. The van der Waals surface area contributed by atoms with Gasteiger partial charge in [-0.25, -0.2) is 0 Å². The van der Waals surface area contributed by atoms with Gasteiger partial charge in [-0.1, -0.05) is 104 Å². The van der Waals surface area contributed by atoms with E-state index in [2.05, 4.69) is 85.0 Å². The predicted octanol–water partition coefficient (Wildman–Crippen LogP) is 6.22. The lowest BCUT2D eigenvalue weighted by Gasteiger charge is -2.30. The Labute approximate surface area is 177 Å². The second kappa shape index (κ2) is 7.46. The highest BCUT2D eigenvalue weighted by Gasteiger charge is 2.47. The van der Waals surface area contributed by atoms with Crippen LogP contribution in [-0.2, 0) is 16.8 Å². The number of carbonyl (C=O) groups excluding carboxylic acids is 1. The number of hydrogen-bond acceptors (Lipinski definition) is 1. The van der Waals surface area contributed by atoms with E-state index >= 15 is 0 Å². The molecule has 148 valence electrons. The minimum Gasteiger partial charge on any atom is -0.351 e. The second-order valence-electron chi connectivity index (χ2n) is 8.07. The minimum atomic E-state index is -0.632. The Morgan fingerprint density at radius 2 is 1.37 bits per heavy atom. The molecule has 0 saturated heterocycles.